The lowest BCUT2D eigenvalue weighted by molar-refractivity contribution is -0.169. The van der Waals surface area contributed by atoms with Gasteiger partial charge in [0.1, 0.15) is 22.8 Å². The third-order valence-electron chi connectivity index (χ3n) is 9.23. The zero-order valence-corrected chi connectivity index (χ0v) is 25.2. The molecule has 0 spiro atoms. The van der Waals surface area contributed by atoms with E-state index < -0.39 is 116 Å². The summed E-state index contributed by atoms with van der Waals surface area (Å²) < 4.78 is 80.0. The topological polar surface area (TPSA) is 182 Å². The summed E-state index contributed by atoms with van der Waals surface area (Å²) in [4.78, 5) is 40.7. The maximum Gasteiger partial charge on any atom is 0.416 e. The number of aromatic hydroxyl groups is 1. The Hall–Kier alpha value is -4.67. The van der Waals surface area contributed by atoms with Crippen molar-refractivity contribution >= 4 is 35.4 Å². The molecule has 0 heterocycles. The van der Waals surface area contributed by atoms with Crippen molar-refractivity contribution in [3.63, 3.8) is 0 Å². The fourth-order valence-corrected chi connectivity index (χ4v) is 7.03. The fourth-order valence-electron chi connectivity index (χ4n) is 7.03. The van der Waals surface area contributed by atoms with Crippen LogP contribution in [0.4, 0.5) is 26.3 Å². The number of hydrogen-bond acceptors (Lipinski definition) is 9. The van der Waals surface area contributed by atoms with E-state index in [1.165, 1.54) is 38.1 Å². The first-order chi connectivity index (χ1) is 22.0. The number of aliphatic hydroxyl groups is 4. The lowest BCUT2D eigenvalue weighted by Gasteiger charge is -2.53. The quantitative estimate of drug-likeness (QED) is 0.159. The molecule has 0 bridgehead atoms. The third-order valence-corrected chi connectivity index (χ3v) is 9.23. The van der Waals surface area contributed by atoms with Crippen molar-refractivity contribution in [1.29, 1.82) is 0 Å². The zero-order chi connectivity index (χ0) is 36.0. The molecule has 0 saturated heterocycles. The minimum Gasteiger partial charge on any atom is -0.508 e. The van der Waals surface area contributed by atoms with Gasteiger partial charge in [0.05, 0.1) is 34.8 Å². The van der Waals surface area contributed by atoms with Gasteiger partial charge in [-0.2, -0.15) is 26.3 Å². The Bertz CT molecular complexity index is 1830. The number of nitrogens with two attached hydrogens (primary N) is 1. The number of primary amides is 1. The molecule has 16 heteroatoms. The SMILES string of the molecule is C[C@H]1c2ccc(/C=C/c3cc(C(F)(F)F)cc(C(F)(F)F)c3)c(O)c2C(O)=C2C(=O)[C@]3(O)C(O)=C(C(N)=O)C(=O)[C@@H](N(C)C)[C@@H]3[C@@H](O)[C@@H]21. The summed E-state index contributed by atoms with van der Waals surface area (Å²) in [6, 6.07) is 1.91. The van der Waals surface area contributed by atoms with Gasteiger partial charge in [0.2, 0.25) is 5.78 Å². The van der Waals surface area contributed by atoms with Crippen molar-refractivity contribution in [2.45, 2.75) is 42.9 Å². The van der Waals surface area contributed by atoms with Gasteiger partial charge >= 0.3 is 12.4 Å². The van der Waals surface area contributed by atoms with E-state index in [1.807, 2.05) is 0 Å². The summed E-state index contributed by atoms with van der Waals surface area (Å²) in [6.45, 7) is 1.49. The first kappa shape index (κ1) is 34.7. The van der Waals surface area contributed by atoms with Crippen LogP contribution in [0.1, 0.15) is 46.2 Å². The number of benzene rings is 2. The number of alkyl halides is 6. The number of likely N-dealkylation sites (N-methyl/N-ethyl adjacent to an activating group) is 1. The molecule has 3 aliphatic carbocycles. The highest BCUT2D eigenvalue weighted by Crippen LogP contribution is 2.56. The number of Topliss-reactive ketones (excluding diaryl/α,β-unsaturated/α-hetero) is 2. The number of phenolic OH excluding ortho intramolecular Hbond substituents is 1. The lowest BCUT2D eigenvalue weighted by Crippen LogP contribution is -2.70. The smallest absolute Gasteiger partial charge is 0.416 e. The highest BCUT2D eigenvalue weighted by molar-refractivity contribution is 6.24. The minimum atomic E-state index is -5.11. The second-order valence-corrected chi connectivity index (χ2v) is 12.2. The molecule has 48 heavy (non-hydrogen) atoms. The third kappa shape index (κ3) is 5.05. The summed E-state index contributed by atoms with van der Waals surface area (Å²) >= 11 is 0. The molecule has 256 valence electrons. The van der Waals surface area contributed by atoms with Gasteiger partial charge in [0, 0.05) is 17.1 Å². The van der Waals surface area contributed by atoms with Crippen LogP contribution >= 0.6 is 0 Å². The molecular formula is C32H28F6N2O8. The molecule has 1 amide bonds. The molecule has 3 aliphatic rings. The standard InChI is InChI=1S/C32H28F6N2O8/c1-11-16-7-6-13(5-4-12-8-14(31(33,34)35)10-15(9-12)32(36,37)38)23(41)18(16)24(42)19-17(11)25(43)21-22(40(2)3)26(44)20(29(39)47)28(46)30(21,48)27(19)45/h4-11,17,21-22,25,41-43,46,48H,1-3H3,(H2,39,47)/b5-4+/t11-,17+,21+,22-,25-,30-/m0/s1. The van der Waals surface area contributed by atoms with Crippen molar-refractivity contribution < 1.29 is 66.3 Å². The van der Waals surface area contributed by atoms with E-state index in [9.17, 15) is 66.3 Å². The number of nitrogens with zero attached hydrogens (tertiary/aromatic N) is 1. The zero-order valence-electron chi connectivity index (χ0n) is 25.2. The number of hydrogen-bond donors (Lipinski definition) is 6. The summed E-state index contributed by atoms with van der Waals surface area (Å²) in [5.74, 6) is -11.1. The van der Waals surface area contributed by atoms with Gasteiger partial charge in [-0.15, -0.1) is 0 Å². The molecule has 0 aliphatic heterocycles. The molecule has 0 unspecified atom stereocenters. The van der Waals surface area contributed by atoms with E-state index >= 15 is 0 Å². The van der Waals surface area contributed by atoms with Crippen LogP contribution in [0, 0.1) is 11.8 Å². The number of aliphatic hydroxyl groups excluding tert-OH is 3. The molecule has 2 aromatic carbocycles. The summed E-state index contributed by atoms with van der Waals surface area (Å²) in [7, 11) is 2.72. The Balaban J connectivity index is 1.67. The molecule has 2 aromatic rings. The van der Waals surface area contributed by atoms with E-state index in [2.05, 4.69) is 0 Å². The average molecular weight is 683 g/mol. The number of amides is 1. The van der Waals surface area contributed by atoms with E-state index in [0.717, 1.165) is 12.2 Å². The lowest BCUT2D eigenvalue weighted by atomic mass is 9.54. The molecular weight excluding hydrogens is 654 g/mol. The molecule has 5 rings (SSSR count). The van der Waals surface area contributed by atoms with Crippen molar-refractivity contribution in [2.24, 2.45) is 17.6 Å². The maximum atomic E-state index is 14.1. The van der Waals surface area contributed by atoms with Crippen molar-refractivity contribution in [1.82, 2.24) is 4.90 Å². The van der Waals surface area contributed by atoms with Gasteiger partial charge in [0.25, 0.3) is 5.91 Å². The second-order valence-electron chi connectivity index (χ2n) is 12.2. The van der Waals surface area contributed by atoms with Crippen molar-refractivity contribution in [2.75, 3.05) is 14.1 Å². The van der Waals surface area contributed by atoms with Crippen LogP contribution in [0.2, 0.25) is 0 Å². The van der Waals surface area contributed by atoms with Crippen molar-refractivity contribution in [3.8, 4) is 5.75 Å². The average Bonchev–Trinajstić information content (AvgIpc) is 2.97. The number of halogens is 6. The van der Waals surface area contributed by atoms with E-state index in [0.29, 0.717) is 12.1 Å². The molecule has 0 aromatic heterocycles. The van der Waals surface area contributed by atoms with Gasteiger partial charge in [-0.25, -0.2) is 0 Å². The van der Waals surface area contributed by atoms with Gasteiger partial charge in [-0.3, -0.25) is 19.3 Å². The highest BCUT2D eigenvalue weighted by atomic mass is 19.4. The number of carbonyl (C=O) groups excluding carboxylic acids is 3. The maximum absolute atomic E-state index is 14.1. The number of rotatable bonds is 4. The van der Waals surface area contributed by atoms with Crippen molar-refractivity contribution in [3.05, 3.63) is 80.6 Å². The van der Waals surface area contributed by atoms with Crippen LogP contribution in [0.3, 0.4) is 0 Å². The van der Waals surface area contributed by atoms with E-state index in [-0.39, 0.29) is 17.2 Å². The van der Waals surface area contributed by atoms with Crippen LogP contribution in [0.5, 0.6) is 5.75 Å². The van der Waals surface area contributed by atoms with Crippen LogP contribution in [-0.2, 0) is 26.7 Å². The summed E-state index contributed by atoms with van der Waals surface area (Å²) in [5, 5.41) is 57.0. The van der Waals surface area contributed by atoms with Gasteiger partial charge < -0.3 is 31.3 Å². The largest absolute Gasteiger partial charge is 0.508 e. The Morgan fingerprint density at radius 3 is 2.02 bits per heavy atom. The van der Waals surface area contributed by atoms with Crippen LogP contribution in [0.15, 0.2) is 47.2 Å². The van der Waals surface area contributed by atoms with Gasteiger partial charge in [-0.1, -0.05) is 31.2 Å². The second kappa shape index (κ2) is 11.2. The van der Waals surface area contributed by atoms with Crippen LogP contribution < -0.4 is 5.73 Å². The monoisotopic (exact) mass is 682 g/mol. The predicted octanol–water partition coefficient (Wildman–Crippen LogP) is 3.70. The summed E-state index contributed by atoms with van der Waals surface area (Å²) in [5.41, 5.74) is -3.77. The molecule has 0 radical (unpaired) electrons. The van der Waals surface area contributed by atoms with Gasteiger partial charge in [0.15, 0.2) is 11.4 Å². The Morgan fingerprint density at radius 2 is 1.52 bits per heavy atom. The Kier molecular flexibility index (Phi) is 8.09. The molecule has 1 fully saturated rings. The molecule has 10 nitrogen and oxygen atoms in total. The first-order valence-corrected chi connectivity index (χ1v) is 14.2. The van der Waals surface area contributed by atoms with Crippen LogP contribution in [-0.4, -0.2) is 79.7 Å². The number of phenols is 1. The van der Waals surface area contributed by atoms with E-state index in [4.69, 9.17) is 5.73 Å². The predicted molar refractivity (Wildman–Crippen MR) is 156 cm³/mol. The fraction of sp³-hybridized carbons (Fsp3) is 0.344. The Morgan fingerprint density at radius 1 is 0.958 bits per heavy atom. The highest BCUT2D eigenvalue weighted by Gasteiger charge is 2.68. The number of fused-ring (bicyclic) bond motifs is 3. The van der Waals surface area contributed by atoms with Crippen LogP contribution in [0.25, 0.3) is 17.9 Å². The molecule has 6 atom stereocenters. The first-order valence-electron chi connectivity index (χ1n) is 14.2. The minimum absolute atomic E-state index is 0.0494. The van der Waals surface area contributed by atoms with Gasteiger partial charge in [-0.05, 0) is 49.3 Å². The molecule has 1 saturated carbocycles. The van der Waals surface area contributed by atoms with E-state index in [1.54, 1.807) is 0 Å². The number of carbonyl (C=O) groups is 3. The summed E-state index contributed by atoms with van der Waals surface area (Å²) in [6.07, 6.45) is -10.2. The number of ketones is 2. The Labute approximate surface area is 267 Å². The normalized spacial score (nSPS) is 27.8. The molecule has 7 N–H and O–H groups in total.